The van der Waals surface area contributed by atoms with Gasteiger partial charge < -0.3 is 39.8 Å². The van der Waals surface area contributed by atoms with E-state index in [1.165, 1.54) is 14.2 Å². The molecule has 5 heterocycles. The van der Waals surface area contributed by atoms with Crippen molar-refractivity contribution in [3.05, 3.63) is 72.6 Å². The Hall–Kier alpha value is -6.19. The van der Waals surface area contributed by atoms with Crippen LogP contribution in [0.3, 0.4) is 0 Å². The van der Waals surface area contributed by atoms with Gasteiger partial charge in [-0.1, -0.05) is 76.2 Å². The third-order valence-electron chi connectivity index (χ3n) is 12.3. The largest absolute Gasteiger partial charge is 0.465 e. The Balaban J connectivity index is 1.04. The Labute approximate surface area is 349 Å². The van der Waals surface area contributed by atoms with Gasteiger partial charge >= 0.3 is 12.2 Å². The van der Waals surface area contributed by atoms with Gasteiger partial charge in [0.05, 0.1) is 30.6 Å². The van der Waals surface area contributed by atoms with Gasteiger partial charge in [-0.05, 0) is 42.2 Å². The molecule has 0 aliphatic carbocycles. The Morgan fingerprint density at radius 3 is 1.82 bits per heavy atom. The molecule has 16 heteroatoms. The smallest absolute Gasteiger partial charge is 0.407 e. The molecule has 4 atom stereocenters. The maximum atomic E-state index is 14.1. The number of likely N-dealkylation sites (N-methyl/N-ethyl adjacent to an activating group) is 1. The van der Waals surface area contributed by atoms with E-state index < -0.39 is 24.3 Å². The molecule has 7 rings (SSSR count). The van der Waals surface area contributed by atoms with E-state index in [9.17, 15) is 29.1 Å². The lowest BCUT2D eigenvalue weighted by Gasteiger charge is -2.47. The minimum absolute atomic E-state index is 0.00782. The maximum absolute atomic E-state index is 14.1. The highest BCUT2D eigenvalue weighted by atomic mass is 16.5. The van der Waals surface area contributed by atoms with E-state index in [2.05, 4.69) is 15.3 Å². The summed E-state index contributed by atoms with van der Waals surface area (Å²) < 4.78 is 4.82. The summed E-state index contributed by atoms with van der Waals surface area (Å²) in [6, 6.07) is 14.0. The molecule has 0 radical (unpaired) electrons. The number of rotatable bonds is 11. The van der Waals surface area contributed by atoms with Crippen LogP contribution < -0.4 is 5.32 Å². The molecule has 3 aliphatic heterocycles. The number of amides is 5. The first-order chi connectivity index (χ1) is 28.6. The number of nitrogens with one attached hydrogen (secondary N) is 3. The number of likely N-dealkylation sites (tertiary alicyclic amines) is 3. The van der Waals surface area contributed by atoms with E-state index in [0.29, 0.717) is 44.2 Å². The molecule has 16 nitrogen and oxygen atoms in total. The summed E-state index contributed by atoms with van der Waals surface area (Å²) in [4.78, 5) is 86.7. The highest BCUT2D eigenvalue weighted by molar-refractivity contribution is 5.87. The first kappa shape index (κ1) is 42.0. The first-order valence-electron chi connectivity index (χ1n) is 20.6. The van der Waals surface area contributed by atoms with Crippen molar-refractivity contribution >= 4 is 29.9 Å². The number of methoxy groups -OCH3 is 1. The highest BCUT2D eigenvalue weighted by Crippen LogP contribution is 2.48. The molecule has 3 saturated heterocycles. The second-order valence-corrected chi connectivity index (χ2v) is 17.2. The summed E-state index contributed by atoms with van der Waals surface area (Å²) in [6.45, 7) is 11.1. The second-order valence-electron chi connectivity index (χ2n) is 17.2. The topological polar surface area (TPSA) is 197 Å². The molecule has 60 heavy (non-hydrogen) atoms. The lowest BCUT2D eigenvalue weighted by atomic mass is 9.77. The van der Waals surface area contributed by atoms with E-state index >= 15 is 0 Å². The van der Waals surface area contributed by atoms with E-state index in [-0.39, 0.29) is 47.1 Å². The monoisotopic (exact) mass is 821 g/mol. The molecule has 3 fully saturated rings. The van der Waals surface area contributed by atoms with Gasteiger partial charge in [-0.15, -0.1) is 0 Å². The lowest BCUT2D eigenvalue weighted by molar-refractivity contribution is -0.141. The van der Waals surface area contributed by atoms with Crippen molar-refractivity contribution in [2.45, 2.75) is 78.0 Å². The number of H-pyrrole nitrogens is 2. The number of hydrogen-bond donors (Lipinski definition) is 4. The molecule has 318 valence electrons. The van der Waals surface area contributed by atoms with Crippen LogP contribution in [0.1, 0.15) is 77.6 Å². The number of benzene rings is 2. The van der Waals surface area contributed by atoms with Crippen molar-refractivity contribution in [3.63, 3.8) is 0 Å². The summed E-state index contributed by atoms with van der Waals surface area (Å²) in [5, 5.41) is 12.3. The van der Waals surface area contributed by atoms with Crippen LogP contribution in [0.2, 0.25) is 0 Å². The Bertz CT molecular complexity index is 2230. The average molecular weight is 822 g/mol. The SMILES string of the molecule is COC(=O)N[C@H](C(=O)N1CC2(CC1c1nc(-c3ccc(-c4ccc(-c5c[nH]c([C@@H]6CCCN6C(=O)[C@H](C(C)C)N(C)C(=O)O)n5)cc4)cc3)c[nH]1)CN(C(C)=O)C2)C(C)C. The molecule has 4 aromatic rings. The molecule has 1 spiro atoms. The fourth-order valence-corrected chi connectivity index (χ4v) is 9.10. The van der Waals surface area contributed by atoms with Crippen LogP contribution in [0.15, 0.2) is 60.9 Å². The standard InChI is InChI=1S/C44H55N9O7/c1-25(2)36(49-42(57)60-7)40(55)53-24-44(22-51(23-44)27(5)54)19-35(53)39-46-21-33(48-39)31-16-12-29(13-17-31)28-10-14-30(15-11-28)32-20-45-38(47-32)34-9-8-18-52(34)41(56)37(26(3)4)50(6)43(58)59/h10-17,20-21,25-26,34-37H,8-9,18-19,22-24H2,1-7H3,(H,45,47)(H,46,48)(H,49,57)(H,58,59)/t34-,35?,36-,37-/m0/s1. The summed E-state index contributed by atoms with van der Waals surface area (Å²) in [7, 11) is 2.71. The van der Waals surface area contributed by atoms with Crippen molar-refractivity contribution in [1.29, 1.82) is 0 Å². The summed E-state index contributed by atoms with van der Waals surface area (Å²) >= 11 is 0. The molecule has 4 N–H and O–H groups in total. The number of ether oxygens (including phenoxy) is 1. The van der Waals surface area contributed by atoms with Crippen LogP contribution in [-0.2, 0) is 19.1 Å². The first-order valence-corrected chi connectivity index (χ1v) is 20.6. The fourth-order valence-electron chi connectivity index (χ4n) is 9.10. The number of carbonyl (C=O) groups excluding carboxylic acids is 4. The molecular formula is C44H55N9O7. The van der Waals surface area contributed by atoms with Crippen molar-refractivity contribution in [1.82, 2.24) is 44.9 Å². The molecule has 1 unspecified atom stereocenters. The van der Waals surface area contributed by atoms with Crippen molar-refractivity contribution in [2.75, 3.05) is 40.3 Å². The van der Waals surface area contributed by atoms with Gasteiger partial charge in [0.1, 0.15) is 23.7 Å². The van der Waals surface area contributed by atoms with Gasteiger partial charge in [0.2, 0.25) is 17.7 Å². The lowest BCUT2D eigenvalue weighted by Crippen LogP contribution is -2.59. The van der Waals surface area contributed by atoms with Crippen LogP contribution in [0, 0.1) is 17.3 Å². The zero-order valence-corrected chi connectivity index (χ0v) is 35.3. The normalized spacial score (nSPS) is 19.4. The van der Waals surface area contributed by atoms with Crippen LogP contribution >= 0.6 is 0 Å². The molecule has 3 aliphatic rings. The van der Waals surface area contributed by atoms with Crippen LogP contribution in [-0.4, -0.2) is 127 Å². The number of nitrogens with zero attached hydrogens (tertiary/aromatic N) is 6. The third-order valence-corrected chi connectivity index (χ3v) is 12.3. The van der Waals surface area contributed by atoms with Crippen LogP contribution in [0.25, 0.3) is 33.6 Å². The number of aromatic nitrogens is 4. The number of carbonyl (C=O) groups is 5. The Morgan fingerprint density at radius 1 is 0.800 bits per heavy atom. The number of alkyl carbamates (subject to hydrolysis) is 1. The van der Waals surface area contributed by atoms with Crippen LogP contribution in [0.5, 0.6) is 0 Å². The molecule has 2 aromatic carbocycles. The van der Waals surface area contributed by atoms with Gasteiger partial charge in [-0.2, -0.15) is 0 Å². The van der Waals surface area contributed by atoms with E-state index in [0.717, 1.165) is 51.4 Å². The molecule has 5 amide bonds. The van der Waals surface area contributed by atoms with E-state index in [4.69, 9.17) is 14.7 Å². The third kappa shape index (κ3) is 8.19. The fraction of sp³-hybridized carbons (Fsp3) is 0.477. The summed E-state index contributed by atoms with van der Waals surface area (Å²) in [6.07, 6.45) is 4.07. The summed E-state index contributed by atoms with van der Waals surface area (Å²) in [5.41, 5.74) is 5.09. The number of imidazole rings is 2. The van der Waals surface area contributed by atoms with Gasteiger partial charge in [0.15, 0.2) is 0 Å². The molecule has 0 saturated carbocycles. The van der Waals surface area contributed by atoms with Crippen molar-refractivity contribution in [3.8, 4) is 33.6 Å². The minimum Gasteiger partial charge on any atom is -0.465 e. The molecular weight excluding hydrogens is 767 g/mol. The number of aromatic amines is 2. The predicted molar refractivity (Wildman–Crippen MR) is 223 cm³/mol. The number of hydrogen-bond acceptors (Lipinski definition) is 8. The second kappa shape index (κ2) is 16.8. The number of carboxylic acid groups (broad SMARTS) is 1. The minimum atomic E-state index is -1.13. The van der Waals surface area contributed by atoms with Crippen LogP contribution in [0.4, 0.5) is 9.59 Å². The highest BCUT2D eigenvalue weighted by Gasteiger charge is 2.55. The van der Waals surface area contributed by atoms with Crippen molar-refractivity contribution < 1.29 is 33.8 Å². The van der Waals surface area contributed by atoms with Gasteiger partial charge in [-0.25, -0.2) is 19.6 Å². The van der Waals surface area contributed by atoms with Gasteiger partial charge in [-0.3, -0.25) is 19.3 Å². The van der Waals surface area contributed by atoms with E-state index in [1.54, 1.807) is 21.6 Å². The Morgan fingerprint density at radius 2 is 1.33 bits per heavy atom. The quantitative estimate of drug-likeness (QED) is 0.142. The summed E-state index contributed by atoms with van der Waals surface area (Å²) in [5.74, 6) is 0.552. The molecule has 0 bridgehead atoms. The Kier molecular flexibility index (Phi) is 11.8. The van der Waals surface area contributed by atoms with E-state index in [1.807, 2.05) is 88.6 Å². The van der Waals surface area contributed by atoms with Gasteiger partial charge in [0, 0.05) is 69.1 Å². The maximum Gasteiger partial charge on any atom is 0.407 e. The zero-order chi connectivity index (χ0) is 43.0. The average Bonchev–Trinajstić information content (AvgIpc) is 4.04. The van der Waals surface area contributed by atoms with Gasteiger partial charge in [0.25, 0.3) is 0 Å². The van der Waals surface area contributed by atoms with Crippen molar-refractivity contribution in [2.24, 2.45) is 17.3 Å². The zero-order valence-electron chi connectivity index (χ0n) is 35.3. The molecule has 2 aromatic heterocycles. The predicted octanol–water partition coefficient (Wildman–Crippen LogP) is 5.93.